The Balaban J connectivity index is 4.76. The van der Waals surface area contributed by atoms with Gasteiger partial charge in [-0.3, -0.25) is 4.57 Å². The van der Waals surface area contributed by atoms with Crippen LogP contribution in [0.4, 0.5) is 0 Å². The van der Waals surface area contributed by atoms with Crippen LogP contribution in [0.1, 0.15) is 41.5 Å². The summed E-state index contributed by atoms with van der Waals surface area (Å²) in [5, 5.41) is 0. The maximum Gasteiger partial charge on any atom is 0.335 e. The summed E-state index contributed by atoms with van der Waals surface area (Å²) in [7, 11) is -5.39. The van der Waals surface area contributed by atoms with Crippen molar-refractivity contribution in [2.45, 2.75) is 66.3 Å². The van der Waals surface area contributed by atoms with E-state index in [1.807, 2.05) is 48.1 Å². The minimum absolute atomic E-state index is 0.133. The SMILES string of the molecule is CCO[Si](C)(CCP(=O)(OC(C)C)OC(C)C)OCC. The van der Waals surface area contributed by atoms with Crippen molar-refractivity contribution in [3.63, 3.8) is 0 Å². The molecule has 0 aliphatic rings. The predicted molar refractivity (Wildman–Crippen MR) is 84.6 cm³/mol. The fraction of sp³-hybridized carbons (Fsp3) is 1.00. The lowest BCUT2D eigenvalue weighted by molar-refractivity contribution is 0.141. The maximum absolute atomic E-state index is 12.8. The van der Waals surface area contributed by atoms with Crippen LogP contribution in [0.15, 0.2) is 0 Å². The molecular formula is C13H31O5PSi. The molecule has 0 amide bonds. The van der Waals surface area contributed by atoms with Crippen molar-refractivity contribution in [3.8, 4) is 0 Å². The van der Waals surface area contributed by atoms with E-state index >= 15 is 0 Å². The Bertz CT molecular complexity index is 289. The van der Waals surface area contributed by atoms with Crippen molar-refractivity contribution < 1.29 is 22.5 Å². The van der Waals surface area contributed by atoms with Crippen LogP contribution in [0.25, 0.3) is 0 Å². The van der Waals surface area contributed by atoms with Crippen LogP contribution in [0.3, 0.4) is 0 Å². The monoisotopic (exact) mass is 326 g/mol. The lowest BCUT2D eigenvalue weighted by Crippen LogP contribution is -2.39. The van der Waals surface area contributed by atoms with Gasteiger partial charge in [0, 0.05) is 19.3 Å². The summed E-state index contributed by atoms with van der Waals surface area (Å²) in [6.45, 7) is 14.5. The minimum atomic E-state index is -3.10. The molecular weight excluding hydrogens is 295 g/mol. The van der Waals surface area contributed by atoms with Crippen molar-refractivity contribution in [2.75, 3.05) is 19.4 Å². The number of hydrogen-bond acceptors (Lipinski definition) is 5. The first-order chi connectivity index (χ1) is 9.16. The van der Waals surface area contributed by atoms with E-state index in [9.17, 15) is 4.57 Å². The lowest BCUT2D eigenvalue weighted by Gasteiger charge is -2.29. The molecule has 0 aliphatic heterocycles. The highest BCUT2D eigenvalue weighted by molar-refractivity contribution is 7.54. The summed E-state index contributed by atoms with van der Waals surface area (Å²) >= 11 is 0. The van der Waals surface area contributed by atoms with Crippen LogP contribution in [0.2, 0.25) is 12.6 Å². The first-order valence-corrected chi connectivity index (χ1v) is 11.6. The molecule has 0 saturated heterocycles. The van der Waals surface area contributed by atoms with Crippen LogP contribution in [-0.2, 0) is 22.5 Å². The van der Waals surface area contributed by atoms with E-state index in [-0.39, 0.29) is 12.2 Å². The third-order valence-electron chi connectivity index (χ3n) is 2.48. The van der Waals surface area contributed by atoms with Crippen molar-refractivity contribution in [2.24, 2.45) is 0 Å². The fourth-order valence-electron chi connectivity index (χ4n) is 1.91. The second-order valence-corrected chi connectivity index (χ2v) is 10.8. The molecule has 122 valence electrons. The molecule has 0 bridgehead atoms. The predicted octanol–water partition coefficient (Wildman–Crippen LogP) is 4.17. The molecule has 0 heterocycles. The normalized spacial score (nSPS) is 13.4. The average molecular weight is 326 g/mol. The van der Waals surface area contributed by atoms with Gasteiger partial charge in [-0.2, -0.15) is 0 Å². The number of hydrogen-bond donors (Lipinski definition) is 0. The molecule has 0 aromatic heterocycles. The van der Waals surface area contributed by atoms with Crippen LogP contribution in [0, 0.1) is 0 Å². The molecule has 0 saturated carbocycles. The molecule has 0 aromatic rings. The Labute approximate surface area is 125 Å². The van der Waals surface area contributed by atoms with Gasteiger partial charge in [-0.25, -0.2) is 0 Å². The molecule has 0 N–H and O–H groups in total. The highest BCUT2D eigenvalue weighted by Crippen LogP contribution is 2.51. The van der Waals surface area contributed by atoms with Crippen molar-refractivity contribution in [3.05, 3.63) is 0 Å². The molecule has 0 rings (SSSR count). The molecule has 5 nitrogen and oxygen atoms in total. The van der Waals surface area contributed by atoms with Crippen LogP contribution in [-0.4, -0.2) is 40.1 Å². The third kappa shape index (κ3) is 8.55. The molecule has 0 aliphatic carbocycles. The van der Waals surface area contributed by atoms with E-state index in [1.54, 1.807) is 0 Å². The van der Waals surface area contributed by atoms with Gasteiger partial charge in [-0.1, -0.05) is 0 Å². The van der Waals surface area contributed by atoms with Gasteiger partial charge in [0.1, 0.15) is 0 Å². The van der Waals surface area contributed by atoms with Crippen LogP contribution >= 0.6 is 7.60 Å². The summed E-state index contributed by atoms with van der Waals surface area (Å²) in [4.78, 5) is 0. The van der Waals surface area contributed by atoms with Crippen LogP contribution in [0.5, 0.6) is 0 Å². The van der Waals surface area contributed by atoms with Gasteiger partial charge < -0.3 is 17.9 Å². The quantitative estimate of drug-likeness (QED) is 0.421. The Kier molecular flexibility index (Phi) is 9.47. The zero-order valence-electron chi connectivity index (χ0n) is 14.0. The Hall–Kier alpha value is 0.287. The molecule has 0 aromatic carbocycles. The number of rotatable bonds is 11. The van der Waals surface area contributed by atoms with Gasteiger partial charge in [0.15, 0.2) is 0 Å². The second-order valence-electron chi connectivity index (χ2n) is 5.39. The van der Waals surface area contributed by atoms with Gasteiger partial charge in [0.2, 0.25) is 0 Å². The molecule has 0 fully saturated rings. The summed E-state index contributed by atoms with van der Waals surface area (Å²) in [6.07, 6.45) is 0.0740. The first kappa shape index (κ1) is 20.3. The van der Waals surface area contributed by atoms with E-state index in [0.29, 0.717) is 25.4 Å². The van der Waals surface area contributed by atoms with E-state index in [1.165, 1.54) is 0 Å². The van der Waals surface area contributed by atoms with Gasteiger partial charge in [0.25, 0.3) is 0 Å². The summed E-state index contributed by atoms with van der Waals surface area (Å²) in [6, 6.07) is 0.603. The topological polar surface area (TPSA) is 54.0 Å². The van der Waals surface area contributed by atoms with Crippen molar-refractivity contribution in [1.29, 1.82) is 0 Å². The Morgan fingerprint density at radius 3 is 1.65 bits per heavy atom. The molecule has 0 atom stereocenters. The molecule has 20 heavy (non-hydrogen) atoms. The van der Waals surface area contributed by atoms with Gasteiger partial charge in [0.05, 0.1) is 18.4 Å². The Morgan fingerprint density at radius 2 is 1.35 bits per heavy atom. The summed E-state index contributed by atoms with van der Waals surface area (Å²) in [5.41, 5.74) is 0. The fourth-order valence-corrected chi connectivity index (χ4v) is 7.77. The van der Waals surface area contributed by atoms with Crippen molar-refractivity contribution >= 4 is 16.2 Å². The van der Waals surface area contributed by atoms with Gasteiger partial charge in [-0.05, 0) is 48.1 Å². The third-order valence-corrected chi connectivity index (χ3v) is 8.12. The standard InChI is InChI=1S/C13H31O5PSi/c1-8-15-20(7,16-9-2)11-10-19(14,17-12(3)4)18-13(5)6/h12-13H,8-11H2,1-7H3. The molecule has 7 heteroatoms. The molecule has 0 spiro atoms. The highest BCUT2D eigenvalue weighted by Gasteiger charge is 2.36. The second kappa shape index (κ2) is 9.33. The molecule has 0 radical (unpaired) electrons. The minimum Gasteiger partial charge on any atom is -0.395 e. The summed E-state index contributed by atoms with van der Waals surface area (Å²) < 4.78 is 35.4. The van der Waals surface area contributed by atoms with E-state index in [2.05, 4.69) is 0 Å². The smallest absolute Gasteiger partial charge is 0.335 e. The average Bonchev–Trinajstić information content (AvgIpc) is 2.25. The lowest BCUT2D eigenvalue weighted by atomic mass is 10.5. The maximum atomic E-state index is 12.8. The first-order valence-electron chi connectivity index (χ1n) is 7.40. The van der Waals surface area contributed by atoms with Gasteiger partial charge >= 0.3 is 16.2 Å². The Morgan fingerprint density at radius 1 is 0.950 bits per heavy atom. The van der Waals surface area contributed by atoms with E-state index in [4.69, 9.17) is 17.9 Å². The van der Waals surface area contributed by atoms with E-state index in [0.717, 1.165) is 0 Å². The zero-order chi connectivity index (χ0) is 15.8. The van der Waals surface area contributed by atoms with Crippen LogP contribution < -0.4 is 0 Å². The summed E-state index contributed by atoms with van der Waals surface area (Å²) in [5.74, 6) is 0. The van der Waals surface area contributed by atoms with E-state index < -0.39 is 16.2 Å². The molecule has 0 unspecified atom stereocenters. The van der Waals surface area contributed by atoms with Crippen molar-refractivity contribution in [1.82, 2.24) is 0 Å². The zero-order valence-corrected chi connectivity index (χ0v) is 15.9. The van der Waals surface area contributed by atoms with Gasteiger partial charge in [-0.15, -0.1) is 0 Å². The largest absolute Gasteiger partial charge is 0.395 e. The highest BCUT2D eigenvalue weighted by atomic mass is 31.2.